The Morgan fingerprint density at radius 3 is 1.82 bits per heavy atom. The van der Waals surface area contributed by atoms with E-state index in [1.165, 1.54) is 24.3 Å². The van der Waals surface area contributed by atoms with Crippen molar-refractivity contribution in [3.05, 3.63) is 75.8 Å². The first kappa shape index (κ1) is 16.0. The lowest BCUT2D eigenvalue weighted by atomic mass is 9.95. The Morgan fingerprint density at radius 1 is 0.909 bits per heavy atom. The highest BCUT2D eigenvalue weighted by atomic mass is 19.3. The summed E-state index contributed by atoms with van der Waals surface area (Å²) in [5.41, 5.74) is -0.526. The molecule has 5 nitrogen and oxygen atoms in total. The molecule has 0 aliphatic heterocycles. The zero-order valence-corrected chi connectivity index (χ0v) is 11.3. The van der Waals surface area contributed by atoms with E-state index >= 15 is 0 Å². The molecule has 116 valence electrons. The van der Waals surface area contributed by atoms with Gasteiger partial charge in [0.2, 0.25) is 0 Å². The van der Waals surface area contributed by atoms with Crippen molar-refractivity contribution in [1.82, 2.24) is 0 Å². The maximum absolute atomic E-state index is 14.2. The van der Waals surface area contributed by atoms with Gasteiger partial charge in [0.25, 0.3) is 5.69 Å². The molecule has 0 aliphatic rings. The molecule has 2 rings (SSSR count). The van der Waals surface area contributed by atoms with E-state index in [4.69, 9.17) is 0 Å². The van der Waals surface area contributed by atoms with Gasteiger partial charge in [-0.15, -0.1) is 0 Å². The number of non-ortho nitro benzene ring substituents is 1. The minimum absolute atomic E-state index is 0.0338. The molecular weight excluding hydrogens is 296 g/mol. The molecule has 2 aromatic rings. The number of nitro benzene ring substituents is 1. The third-order valence-corrected chi connectivity index (χ3v) is 3.26. The van der Waals surface area contributed by atoms with Crippen molar-refractivity contribution in [3.8, 4) is 0 Å². The summed E-state index contributed by atoms with van der Waals surface area (Å²) in [7, 11) is 0. The Balaban J connectivity index is 2.26. The first-order chi connectivity index (χ1) is 10.3. The van der Waals surface area contributed by atoms with Gasteiger partial charge < -0.3 is 10.2 Å². The van der Waals surface area contributed by atoms with E-state index in [0.717, 1.165) is 24.3 Å². The summed E-state index contributed by atoms with van der Waals surface area (Å²) in [6.45, 7) is 0. The largest absolute Gasteiger partial charge is 0.382 e. The van der Waals surface area contributed by atoms with Crippen molar-refractivity contribution in [3.63, 3.8) is 0 Å². The monoisotopic (exact) mass is 309 g/mol. The molecule has 0 amide bonds. The smallest absolute Gasteiger partial charge is 0.306 e. The molecule has 0 bridgehead atoms. The second-order valence-corrected chi connectivity index (χ2v) is 4.74. The van der Waals surface area contributed by atoms with Crippen molar-refractivity contribution in [2.75, 3.05) is 0 Å². The zero-order valence-electron chi connectivity index (χ0n) is 11.3. The van der Waals surface area contributed by atoms with Crippen molar-refractivity contribution in [2.24, 2.45) is 0 Å². The van der Waals surface area contributed by atoms with Crippen LogP contribution in [0.3, 0.4) is 0 Å². The molecule has 0 aromatic heterocycles. The topological polar surface area (TPSA) is 83.6 Å². The van der Waals surface area contributed by atoms with E-state index in [1.807, 2.05) is 0 Å². The van der Waals surface area contributed by atoms with Crippen LogP contribution in [0.2, 0.25) is 0 Å². The number of hydrogen-bond donors (Lipinski definition) is 2. The number of halogens is 2. The second kappa shape index (κ2) is 6.17. The van der Waals surface area contributed by atoms with Crippen molar-refractivity contribution >= 4 is 5.69 Å². The van der Waals surface area contributed by atoms with Gasteiger partial charge in [0, 0.05) is 12.1 Å². The SMILES string of the molecule is O=[N+]([O-])c1ccc([C@H](O)C(F)(F)[C@@H](O)c2ccccc2)cc1. The zero-order chi connectivity index (χ0) is 16.3. The molecule has 2 N–H and O–H groups in total. The molecule has 2 aromatic carbocycles. The van der Waals surface area contributed by atoms with Crippen LogP contribution in [0.5, 0.6) is 0 Å². The number of benzene rings is 2. The van der Waals surface area contributed by atoms with Gasteiger partial charge in [0.1, 0.15) is 12.2 Å². The van der Waals surface area contributed by atoms with Crippen LogP contribution in [0.25, 0.3) is 0 Å². The number of aliphatic hydroxyl groups is 2. The highest BCUT2D eigenvalue weighted by Gasteiger charge is 2.47. The van der Waals surface area contributed by atoms with E-state index < -0.39 is 23.1 Å². The molecule has 0 saturated heterocycles. The lowest BCUT2D eigenvalue weighted by Gasteiger charge is -2.27. The van der Waals surface area contributed by atoms with Gasteiger partial charge in [-0.2, -0.15) is 0 Å². The third kappa shape index (κ3) is 3.10. The fourth-order valence-electron chi connectivity index (χ4n) is 2.01. The van der Waals surface area contributed by atoms with Crippen LogP contribution in [-0.2, 0) is 0 Å². The highest BCUT2D eigenvalue weighted by molar-refractivity contribution is 5.35. The van der Waals surface area contributed by atoms with Gasteiger partial charge in [-0.1, -0.05) is 30.3 Å². The summed E-state index contributed by atoms with van der Waals surface area (Å²) in [6.07, 6.45) is -4.48. The van der Waals surface area contributed by atoms with E-state index in [1.54, 1.807) is 6.07 Å². The Labute approximate surface area is 124 Å². The van der Waals surface area contributed by atoms with Crippen LogP contribution in [0.1, 0.15) is 23.3 Å². The molecule has 7 heteroatoms. The van der Waals surface area contributed by atoms with Gasteiger partial charge in [-0.25, -0.2) is 8.78 Å². The van der Waals surface area contributed by atoms with Crippen LogP contribution >= 0.6 is 0 Å². The molecule has 0 aliphatic carbocycles. The van der Waals surface area contributed by atoms with E-state index in [0.29, 0.717) is 0 Å². The van der Waals surface area contributed by atoms with Gasteiger partial charge in [-0.3, -0.25) is 10.1 Å². The Hall–Kier alpha value is -2.38. The standard InChI is InChI=1S/C15H13F2NO4/c16-15(17,13(19)10-4-2-1-3-5-10)14(20)11-6-8-12(9-7-11)18(21)22/h1-9,13-14,19-20H/t13-,14-/m0/s1. The molecule has 0 heterocycles. The number of aliphatic hydroxyl groups excluding tert-OH is 2. The predicted octanol–water partition coefficient (Wildman–Crippen LogP) is 3.00. The Bertz CT molecular complexity index is 646. The summed E-state index contributed by atoms with van der Waals surface area (Å²) >= 11 is 0. The Kier molecular flexibility index (Phi) is 4.48. The van der Waals surface area contributed by atoms with Crippen LogP contribution in [-0.4, -0.2) is 21.1 Å². The lowest BCUT2D eigenvalue weighted by Crippen LogP contribution is -2.33. The molecule has 2 atom stereocenters. The van der Waals surface area contributed by atoms with Crippen LogP contribution in [0.4, 0.5) is 14.5 Å². The average molecular weight is 309 g/mol. The normalized spacial score (nSPS) is 14.4. The summed E-state index contributed by atoms with van der Waals surface area (Å²) in [5.74, 6) is -3.85. The molecule has 0 spiro atoms. The van der Waals surface area contributed by atoms with Gasteiger partial charge >= 0.3 is 5.92 Å². The quantitative estimate of drug-likeness (QED) is 0.657. The summed E-state index contributed by atoms with van der Waals surface area (Å²) in [4.78, 5) is 9.85. The van der Waals surface area contributed by atoms with Crippen LogP contribution < -0.4 is 0 Å². The molecular formula is C15H13F2NO4. The number of nitrogens with zero attached hydrogens (tertiary/aromatic N) is 1. The third-order valence-electron chi connectivity index (χ3n) is 3.26. The maximum atomic E-state index is 14.2. The summed E-state index contributed by atoms with van der Waals surface area (Å²) < 4.78 is 28.4. The summed E-state index contributed by atoms with van der Waals surface area (Å²) in [5, 5.41) is 30.2. The predicted molar refractivity (Wildman–Crippen MR) is 74.4 cm³/mol. The highest BCUT2D eigenvalue weighted by Crippen LogP contribution is 2.41. The van der Waals surface area contributed by atoms with E-state index in [9.17, 15) is 29.1 Å². The first-order valence-corrected chi connectivity index (χ1v) is 6.37. The second-order valence-electron chi connectivity index (χ2n) is 4.74. The number of alkyl halides is 2. The fraction of sp³-hybridized carbons (Fsp3) is 0.200. The van der Waals surface area contributed by atoms with Crippen LogP contribution in [0.15, 0.2) is 54.6 Å². The van der Waals surface area contributed by atoms with Gasteiger partial charge in [0.15, 0.2) is 0 Å². The van der Waals surface area contributed by atoms with Crippen molar-refractivity contribution in [2.45, 2.75) is 18.1 Å². The molecule has 22 heavy (non-hydrogen) atoms. The summed E-state index contributed by atoms with van der Waals surface area (Å²) in [6, 6.07) is 11.3. The minimum atomic E-state index is -3.85. The number of rotatable bonds is 5. The molecule has 0 radical (unpaired) electrons. The van der Waals surface area contributed by atoms with E-state index in [-0.39, 0.29) is 16.8 Å². The average Bonchev–Trinajstić information content (AvgIpc) is 2.54. The van der Waals surface area contributed by atoms with Crippen molar-refractivity contribution < 1.29 is 23.9 Å². The number of hydrogen-bond acceptors (Lipinski definition) is 4. The van der Waals surface area contributed by atoms with Gasteiger partial charge in [0.05, 0.1) is 4.92 Å². The fourth-order valence-corrected chi connectivity index (χ4v) is 2.01. The van der Waals surface area contributed by atoms with Crippen LogP contribution in [0, 0.1) is 10.1 Å². The Morgan fingerprint density at radius 2 is 1.36 bits per heavy atom. The molecule has 0 unspecified atom stereocenters. The lowest BCUT2D eigenvalue weighted by molar-refractivity contribution is -0.384. The molecule has 0 fully saturated rings. The maximum Gasteiger partial charge on any atom is 0.306 e. The first-order valence-electron chi connectivity index (χ1n) is 6.37. The van der Waals surface area contributed by atoms with Gasteiger partial charge in [-0.05, 0) is 23.3 Å². The number of nitro groups is 1. The van der Waals surface area contributed by atoms with E-state index in [2.05, 4.69) is 0 Å². The molecule has 0 saturated carbocycles. The van der Waals surface area contributed by atoms with Crippen molar-refractivity contribution in [1.29, 1.82) is 0 Å². The minimum Gasteiger partial charge on any atom is -0.382 e.